The number of nitrogens with one attached hydrogen (secondary N) is 11. The van der Waals surface area contributed by atoms with Crippen LogP contribution in [0, 0.1) is 0 Å². The number of hydrogen-bond acceptors (Lipinski definition) is 19. The van der Waals surface area contributed by atoms with Gasteiger partial charge in [0.15, 0.2) is 0 Å². The molecule has 12 amide bonds. The highest BCUT2D eigenvalue weighted by atomic mass is 32.2. The zero-order valence-corrected chi connectivity index (χ0v) is 50.2. The molecule has 1 aromatic heterocycles. The number of rotatable bonds is 46. The molecule has 0 saturated carbocycles. The van der Waals surface area contributed by atoms with Crippen LogP contribution in [0.2, 0.25) is 0 Å². The van der Waals surface area contributed by atoms with Crippen molar-refractivity contribution in [3.8, 4) is 0 Å². The number of unbranched alkanes of at least 4 members (excludes halogenated alkanes) is 5. The lowest BCUT2D eigenvalue weighted by atomic mass is 10.0. The Labute approximate surface area is 512 Å². The van der Waals surface area contributed by atoms with E-state index in [2.05, 4.69) is 52.8 Å². The van der Waals surface area contributed by atoms with Crippen LogP contribution in [0.15, 0.2) is 18.3 Å². The Bertz CT molecular complexity index is 2440. The van der Waals surface area contributed by atoms with Crippen LogP contribution in [-0.2, 0) is 67.0 Å². The zero-order chi connectivity index (χ0) is 63.9. The summed E-state index contributed by atoms with van der Waals surface area (Å²) < 4.78 is 54.0. The summed E-state index contributed by atoms with van der Waals surface area (Å²) in [4.78, 5) is 154. The van der Waals surface area contributed by atoms with Gasteiger partial charge >= 0.3 is 24.1 Å². The van der Waals surface area contributed by atoms with Gasteiger partial charge in [0.1, 0.15) is 11.9 Å². The fourth-order valence-corrected chi connectivity index (χ4v) is 10.4. The number of pyridine rings is 1. The molecule has 29 nitrogen and oxygen atoms in total. The first-order valence-corrected chi connectivity index (χ1v) is 30.8. The highest BCUT2D eigenvalue weighted by Gasteiger charge is 2.43. The number of carbonyl (C=O) groups excluding carboxylic acids is 12. The molecular formula is C55H84F3N13O16S. The van der Waals surface area contributed by atoms with E-state index in [-0.39, 0.29) is 112 Å². The number of fused-ring (bicyclic) bond motifs is 1. The van der Waals surface area contributed by atoms with Gasteiger partial charge in [-0.1, -0.05) is 19.3 Å². The largest absolute Gasteiger partial charge is 0.472 e. The summed E-state index contributed by atoms with van der Waals surface area (Å²) in [5.74, 6) is -6.13. The van der Waals surface area contributed by atoms with Crippen molar-refractivity contribution in [1.82, 2.24) is 63.3 Å². The van der Waals surface area contributed by atoms with E-state index >= 15 is 0 Å². The molecule has 3 aliphatic heterocycles. The molecule has 0 spiro atoms. The molecule has 3 saturated heterocycles. The quantitative estimate of drug-likeness (QED) is 0.0185. The number of ether oxygens (including phenoxy) is 3. The Balaban J connectivity index is 1.03. The number of urea groups is 1. The molecule has 0 unspecified atom stereocenters. The topological polar surface area (TPSA) is 390 Å². The molecule has 4 rings (SSSR count). The molecule has 3 fully saturated rings. The minimum atomic E-state index is -5.12. The Morgan fingerprint density at radius 3 is 1.76 bits per heavy atom. The van der Waals surface area contributed by atoms with Gasteiger partial charge in [-0.15, -0.1) is 5.06 Å². The van der Waals surface area contributed by atoms with E-state index < -0.39 is 65.4 Å². The molecule has 0 aromatic carbocycles. The van der Waals surface area contributed by atoms with Crippen LogP contribution in [0.1, 0.15) is 139 Å². The fraction of sp³-hybridized carbons (Fsp3) is 0.691. The maximum absolute atomic E-state index is 13.3. The molecule has 3 aliphatic rings. The normalized spacial score (nSPS) is 16.3. The number of aromatic nitrogens is 1. The average molecular weight is 1270 g/mol. The third-order valence-corrected chi connectivity index (χ3v) is 15.1. The summed E-state index contributed by atoms with van der Waals surface area (Å²) in [5.41, 5.74) is 3.46. The highest BCUT2D eigenvalue weighted by Crippen LogP contribution is 2.33. The second-order valence-electron chi connectivity index (χ2n) is 20.7. The number of hydroxylamine groups is 2. The number of amides is 12. The smallest absolute Gasteiger partial charge is 0.379 e. The number of hydrazine groups is 1. The molecule has 33 heteroatoms. The SMILES string of the molecule is O=C(CCCCCNC(=O)CCC(=O)ON1C(=O)CCC1=O)NCCCCCC(=O)N[C@@H](CCC(=O)NCCNC(=O)c1ccc(NNC(=O)C(F)(F)F)nc1)C(=O)NCCCOCCOCCOCCCNC(=O)CCCC[C@@H]1SC[C@@H]2NC(=O)N[C@@H]21. The Kier molecular flexibility index (Phi) is 34.6. The van der Waals surface area contributed by atoms with Crippen molar-refractivity contribution in [3.63, 3.8) is 0 Å². The van der Waals surface area contributed by atoms with Crippen LogP contribution in [0.4, 0.5) is 23.8 Å². The number of alkyl halides is 3. The summed E-state index contributed by atoms with van der Waals surface area (Å²) in [7, 11) is 0. The van der Waals surface area contributed by atoms with Crippen molar-refractivity contribution >= 4 is 88.7 Å². The fourth-order valence-electron chi connectivity index (χ4n) is 8.82. The summed E-state index contributed by atoms with van der Waals surface area (Å²) >= 11 is 1.86. The number of imide groups is 1. The van der Waals surface area contributed by atoms with E-state index in [1.165, 1.54) is 17.6 Å². The van der Waals surface area contributed by atoms with E-state index in [4.69, 9.17) is 19.0 Å². The van der Waals surface area contributed by atoms with E-state index in [9.17, 15) is 70.7 Å². The van der Waals surface area contributed by atoms with Crippen molar-refractivity contribution < 1.29 is 89.8 Å². The Morgan fingerprint density at radius 1 is 0.602 bits per heavy atom. The van der Waals surface area contributed by atoms with Gasteiger partial charge in [-0.2, -0.15) is 24.9 Å². The summed E-state index contributed by atoms with van der Waals surface area (Å²) in [6.45, 7) is 3.50. The Morgan fingerprint density at radius 2 is 1.15 bits per heavy atom. The van der Waals surface area contributed by atoms with Crippen molar-refractivity contribution in [2.75, 3.05) is 90.1 Å². The van der Waals surface area contributed by atoms with Crippen LogP contribution < -0.4 is 58.7 Å². The lowest BCUT2D eigenvalue weighted by Gasteiger charge is -2.19. The average Bonchev–Trinajstić information content (AvgIpc) is 3.56. The summed E-state index contributed by atoms with van der Waals surface area (Å²) in [6, 6.07) is 1.61. The number of thioether (sulfide) groups is 1. The van der Waals surface area contributed by atoms with Crippen LogP contribution in [-0.4, -0.2) is 195 Å². The summed E-state index contributed by atoms with van der Waals surface area (Å²) in [5, 5.41) is 25.8. The van der Waals surface area contributed by atoms with Crippen LogP contribution >= 0.6 is 11.8 Å². The standard InChI is InChI=1S/C55H84F3N13O16S/c56-55(57,58)53(82)70-69-41-17-15-37(35-65-41)51(80)64-28-27-62-44(74)18-16-38(66-46(76)14-4-2-8-23-59-42(72)12-3-1-7-24-60-45(75)19-22-49(79)87-71-47(77)20-21-48(71)78)52(81)63-26-10-30-85-32-34-86-33-31-84-29-9-25-61-43(73)13-6-5-11-40-50-39(36-88-40)67-54(83)68-50/h15,17,35,38-40,50H,1-14,16,18-34,36H2,(H,59,72)(H,60,75)(H,61,73)(H,62,74)(H,63,81)(H,64,80)(H,65,69)(H,66,76)(H,70,82)(H2,67,68,83)/t38-,39-,40-,50-/m0/s1. The minimum absolute atomic E-state index is 0.00807. The minimum Gasteiger partial charge on any atom is -0.379 e. The second-order valence-corrected chi connectivity index (χ2v) is 22.0. The third kappa shape index (κ3) is 31.0. The second kappa shape index (κ2) is 41.7. The number of hydrogen-bond donors (Lipinski definition) is 11. The van der Waals surface area contributed by atoms with Gasteiger partial charge in [0.2, 0.25) is 35.4 Å². The predicted octanol–water partition coefficient (Wildman–Crippen LogP) is 0.727. The maximum atomic E-state index is 13.3. The van der Waals surface area contributed by atoms with E-state index in [0.29, 0.717) is 127 Å². The third-order valence-electron chi connectivity index (χ3n) is 13.6. The van der Waals surface area contributed by atoms with Crippen LogP contribution in [0.5, 0.6) is 0 Å². The van der Waals surface area contributed by atoms with Crippen molar-refractivity contribution in [1.29, 1.82) is 0 Å². The van der Waals surface area contributed by atoms with Gasteiger partial charge in [0.25, 0.3) is 17.7 Å². The van der Waals surface area contributed by atoms with Gasteiger partial charge < -0.3 is 66.9 Å². The monoisotopic (exact) mass is 1270 g/mol. The molecule has 4 atom stereocenters. The number of nitrogens with zero attached hydrogens (tertiary/aromatic N) is 2. The maximum Gasteiger partial charge on any atom is 0.472 e. The first kappa shape index (κ1) is 73.1. The molecule has 0 bridgehead atoms. The lowest BCUT2D eigenvalue weighted by Crippen LogP contribution is -2.47. The Hall–Kier alpha value is -7.39. The van der Waals surface area contributed by atoms with E-state index in [0.717, 1.165) is 31.2 Å². The first-order valence-electron chi connectivity index (χ1n) is 29.8. The first-order chi connectivity index (χ1) is 42.3. The van der Waals surface area contributed by atoms with E-state index in [1.54, 1.807) is 0 Å². The molecule has 4 heterocycles. The van der Waals surface area contributed by atoms with Gasteiger partial charge in [-0.25, -0.2) is 14.6 Å². The van der Waals surface area contributed by atoms with Gasteiger partial charge in [-0.3, -0.25) is 58.8 Å². The molecule has 0 radical (unpaired) electrons. The van der Waals surface area contributed by atoms with Crippen molar-refractivity contribution in [2.45, 2.75) is 158 Å². The molecule has 88 heavy (non-hydrogen) atoms. The molecule has 492 valence electrons. The van der Waals surface area contributed by atoms with Crippen molar-refractivity contribution in [2.24, 2.45) is 0 Å². The van der Waals surface area contributed by atoms with Crippen LogP contribution in [0.3, 0.4) is 0 Å². The van der Waals surface area contributed by atoms with Crippen LogP contribution in [0.25, 0.3) is 0 Å². The van der Waals surface area contributed by atoms with E-state index in [1.807, 2.05) is 17.2 Å². The van der Waals surface area contributed by atoms with Gasteiger partial charge in [0.05, 0.1) is 50.5 Å². The zero-order valence-electron chi connectivity index (χ0n) is 49.3. The predicted molar refractivity (Wildman–Crippen MR) is 310 cm³/mol. The molecule has 1 aromatic rings. The molecule has 0 aliphatic carbocycles. The number of carbonyl (C=O) groups is 12. The number of anilines is 1. The van der Waals surface area contributed by atoms with Gasteiger partial charge in [-0.05, 0) is 69.9 Å². The number of halogens is 3. The van der Waals surface area contributed by atoms with Gasteiger partial charge in [0, 0.05) is 115 Å². The lowest BCUT2D eigenvalue weighted by molar-refractivity contribution is -0.197. The highest BCUT2D eigenvalue weighted by molar-refractivity contribution is 8.00. The molecule has 11 N–H and O–H groups in total. The summed E-state index contributed by atoms with van der Waals surface area (Å²) in [6.07, 6.45) is 3.18. The van der Waals surface area contributed by atoms with Crippen molar-refractivity contribution in [3.05, 3.63) is 23.9 Å². The molecular weight excluding hydrogens is 1190 g/mol.